The molecule has 0 unspecified atom stereocenters. The van der Waals surface area contributed by atoms with Gasteiger partial charge in [-0.3, -0.25) is 19.9 Å². The van der Waals surface area contributed by atoms with Crippen molar-refractivity contribution in [3.63, 3.8) is 0 Å². The average molecular weight is 351 g/mol. The highest BCUT2D eigenvalue weighted by Crippen LogP contribution is 2.15. The van der Waals surface area contributed by atoms with Crippen LogP contribution in [-0.2, 0) is 11.3 Å². The molecule has 0 atom stereocenters. The van der Waals surface area contributed by atoms with E-state index in [1.54, 1.807) is 36.7 Å². The third-order valence-corrected chi connectivity index (χ3v) is 3.33. The third kappa shape index (κ3) is 4.35. The second-order valence-electron chi connectivity index (χ2n) is 5.15. The number of nitro benzene ring substituents is 1. The van der Waals surface area contributed by atoms with Gasteiger partial charge in [-0.05, 0) is 23.8 Å². The predicted molar refractivity (Wildman–Crippen MR) is 91.5 cm³/mol. The van der Waals surface area contributed by atoms with Gasteiger partial charge in [-0.2, -0.15) is 4.98 Å². The summed E-state index contributed by atoms with van der Waals surface area (Å²) in [5.74, 6) is 0.276. The van der Waals surface area contributed by atoms with Crippen molar-refractivity contribution in [3.05, 3.63) is 76.4 Å². The third-order valence-electron chi connectivity index (χ3n) is 3.33. The summed E-state index contributed by atoms with van der Waals surface area (Å²) in [6.07, 6.45) is 6.00. The lowest BCUT2D eigenvalue weighted by Gasteiger charge is -1.97. The second kappa shape index (κ2) is 7.79. The van der Waals surface area contributed by atoms with Gasteiger partial charge < -0.3 is 9.84 Å². The van der Waals surface area contributed by atoms with Crippen LogP contribution in [0.5, 0.6) is 0 Å². The number of aromatic nitrogens is 3. The van der Waals surface area contributed by atoms with E-state index >= 15 is 0 Å². The number of amides is 1. The molecular weight excluding hydrogens is 338 g/mol. The van der Waals surface area contributed by atoms with Gasteiger partial charge in [-0.1, -0.05) is 17.3 Å². The molecule has 0 bridgehead atoms. The van der Waals surface area contributed by atoms with Gasteiger partial charge in [0, 0.05) is 36.2 Å². The molecule has 0 saturated heterocycles. The van der Waals surface area contributed by atoms with Crippen LogP contribution in [0.4, 0.5) is 5.69 Å². The molecule has 1 aromatic carbocycles. The summed E-state index contributed by atoms with van der Waals surface area (Å²) < 4.78 is 5.08. The van der Waals surface area contributed by atoms with E-state index in [2.05, 4.69) is 20.4 Å². The van der Waals surface area contributed by atoms with Crippen LogP contribution in [0.1, 0.15) is 11.5 Å². The van der Waals surface area contributed by atoms with E-state index in [9.17, 15) is 14.9 Å². The number of rotatable bonds is 6. The van der Waals surface area contributed by atoms with E-state index in [4.69, 9.17) is 4.52 Å². The van der Waals surface area contributed by atoms with Gasteiger partial charge in [0.25, 0.3) is 5.69 Å². The molecule has 1 N–H and O–H groups in total. The summed E-state index contributed by atoms with van der Waals surface area (Å²) >= 11 is 0. The lowest BCUT2D eigenvalue weighted by atomic mass is 10.2. The van der Waals surface area contributed by atoms with Crippen LogP contribution in [0.25, 0.3) is 17.5 Å². The molecule has 0 spiro atoms. The molecule has 26 heavy (non-hydrogen) atoms. The second-order valence-corrected chi connectivity index (χ2v) is 5.15. The van der Waals surface area contributed by atoms with Crippen LogP contribution in [0.15, 0.2) is 59.4 Å². The summed E-state index contributed by atoms with van der Waals surface area (Å²) in [6, 6.07) is 9.46. The first kappa shape index (κ1) is 17.0. The van der Waals surface area contributed by atoms with Crippen molar-refractivity contribution in [2.45, 2.75) is 6.54 Å². The Morgan fingerprint density at radius 2 is 2.08 bits per heavy atom. The van der Waals surface area contributed by atoms with Crippen LogP contribution in [-0.4, -0.2) is 26.0 Å². The molecule has 0 fully saturated rings. The Morgan fingerprint density at radius 3 is 2.85 bits per heavy atom. The molecule has 0 aliphatic heterocycles. The number of nitrogens with zero attached hydrogens (tertiary/aromatic N) is 4. The van der Waals surface area contributed by atoms with Crippen LogP contribution < -0.4 is 5.32 Å². The molecule has 2 heterocycles. The minimum absolute atomic E-state index is 0.0398. The standard InChI is InChI=1S/C17H13N5O4/c23-15(5-4-12-2-1-3-14(10-12)22(24)25)19-11-16-20-17(21-26-16)13-6-8-18-9-7-13/h1-10H,11H2,(H,19,23)/b5-4+. The van der Waals surface area contributed by atoms with E-state index in [1.807, 2.05) is 0 Å². The number of non-ortho nitro benzene ring substituents is 1. The van der Waals surface area contributed by atoms with E-state index in [-0.39, 0.29) is 24.0 Å². The zero-order valence-electron chi connectivity index (χ0n) is 13.4. The maximum atomic E-state index is 11.9. The number of benzene rings is 1. The normalized spacial score (nSPS) is 10.8. The van der Waals surface area contributed by atoms with Crippen molar-refractivity contribution < 1.29 is 14.2 Å². The minimum atomic E-state index is -0.493. The lowest BCUT2D eigenvalue weighted by molar-refractivity contribution is -0.384. The predicted octanol–water partition coefficient (Wildman–Crippen LogP) is 2.37. The smallest absolute Gasteiger partial charge is 0.270 e. The number of carbonyl (C=O) groups is 1. The first-order chi connectivity index (χ1) is 12.6. The van der Waals surface area contributed by atoms with Crippen molar-refractivity contribution in [1.82, 2.24) is 20.4 Å². The Hall–Kier alpha value is -3.88. The number of nitrogens with one attached hydrogen (secondary N) is 1. The number of nitro groups is 1. The largest absolute Gasteiger partial charge is 0.343 e. The maximum absolute atomic E-state index is 11.9. The molecular formula is C17H13N5O4. The molecule has 3 aromatic rings. The summed E-state index contributed by atoms with van der Waals surface area (Å²) in [4.78, 5) is 30.2. The van der Waals surface area contributed by atoms with Gasteiger partial charge in [0.1, 0.15) is 0 Å². The van der Waals surface area contributed by atoms with Crippen LogP contribution in [0.2, 0.25) is 0 Å². The fraction of sp³-hybridized carbons (Fsp3) is 0.0588. The Morgan fingerprint density at radius 1 is 1.27 bits per heavy atom. The number of carbonyl (C=O) groups excluding carboxylic acids is 1. The molecule has 9 nitrogen and oxygen atoms in total. The quantitative estimate of drug-likeness (QED) is 0.410. The molecule has 130 valence electrons. The zero-order chi connectivity index (χ0) is 18.4. The van der Waals surface area contributed by atoms with Gasteiger partial charge in [0.2, 0.25) is 17.6 Å². The van der Waals surface area contributed by atoms with Gasteiger partial charge in [0.05, 0.1) is 11.5 Å². The Balaban J connectivity index is 1.57. The monoisotopic (exact) mass is 351 g/mol. The number of hydrogen-bond acceptors (Lipinski definition) is 7. The molecule has 0 aliphatic carbocycles. The maximum Gasteiger partial charge on any atom is 0.270 e. The van der Waals surface area contributed by atoms with Crippen molar-refractivity contribution >= 4 is 17.7 Å². The fourth-order valence-corrected chi connectivity index (χ4v) is 2.08. The number of pyridine rings is 1. The Kier molecular flexibility index (Phi) is 5.08. The van der Waals surface area contributed by atoms with Gasteiger partial charge in [-0.15, -0.1) is 0 Å². The topological polar surface area (TPSA) is 124 Å². The van der Waals surface area contributed by atoms with Crippen molar-refractivity contribution in [3.8, 4) is 11.4 Å². The fourth-order valence-electron chi connectivity index (χ4n) is 2.08. The van der Waals surface area contributed by atoms with Gasteiger partial charge >= 0.3 is 0 Å². The summed E-state index contributed by atoms with van der Waals surface area (Å²) in [5, 5.41) is 17.2. The summed E-state index contributed by atoms with van der Waals surface area (Å²) in [6.45, 7) is 0.0657. The van der Waals surface area contributed by atoms with Gasteiger partial charge in [0.15, 0.2) is 0 Å². The summed E-state index contributed by atoms with van der Waals surface area (Å²) in [7, 11) is 0. The Bertz CT molecular complexity index is 953. The summed E-state index contributed by atoms with van der Waals surface area (Å²) in [5.41, 5.74) is 1.26. The van der Waals surface area contributed by atoms with E-state index in [1.165, 1.54) is 24.3 Å². The van der Waals surface area contributed by atoms with E-state index in [0.29, 0.717) is 11.4 Å². The van der Waals surface area contributed by atoms with Crippen LogP contribution in [0.3, 0.4) is 0 Å². The Labute approximate surface area is 147 Å². The van der Waals surface area contributed by atoms with E-state index < -0.39 is 4.92 Å². The molecule has 3 rings (SSSR count). The SMILES string of the molecule is O=C(/C=C/c1cccc([N+](=O)[O-])c1)NCc1nc(-c2ccncc2)no1. The highest BCUT2D eigenvalue weighted by atomic mass is 16.6. The average Bonchev–Trinajstić information content (AvgIpc) is 3.15. The highest BCUT2D eigenvalue weighted by molar-refractivity contribution is 5.91. The first-order valence-corrected chi connectivity index (χ1v) is 7.55. The van der Waals surface area contributed by atoms with Crippen LogP contribution >= 0.6 is 0 Å². The molecule has 1 amide bonds. The van der Waals surface area contributed by atoms with Crippen molar-refractivity contribution in [2.75, 3.05) is 0 Å². The van der Waals surface area contributed by atoms with Crippen molar-refractivity contribution in [2.24, 2.45) is 0 Å². The van der Waals surface area contributed by atoms with Gasteiger partial charge in [-0.25, -0.2) is 0 Å². The molecule has 0 radical (unpaired) electrons. The number of hydrogen-bond donors (Lipinski definition) is 1. The molecule has 2 aromatic heterocycles. The first-order valence-electron chi connectivity index (χ1n) is 7.55. The molecule has 9 heteroatoms. The van der Waals surface area contributed by atoms with Crippen LogP contribution in [0, 0.1) is 10.1 Å². The zero-order valence-corrected chi connectivity index (χ0v) is 13.4. The van der Waals surface area contributed by atoms with E-state index in [0.717, 1.165) is 5.56 Å². The molecule has 0 saturated carbocycles. The highest BCUT2D eigenvalue weighted by Gasteiger charge is 2.09. The lowest BCUT2D eigenvalue weighted by Crippen LogP contribution is -2.20. The van der Waals surface area contributed by atoms with Crippen molar-refractivity contribution in [1.29, 1.82) is 0 Å². The molecule has 0 aliphatic rings. The minimum Gasteiger partial charge on any atom is -0.343 e.